The van der Waals surface area contributed by atoms with E-state index >= 15 is 0 Å². The molecule has 0 unspecified atom stereocenters. The van der Waals surface area contributed by atoms with E-state index in [1.54, 1.807) is 36.4 Å². The number of rotatable bonds is 3. The van der Waals surface area contributed by atoms with Crippen molar-refractivity contribution < 1.29 is 9.53 Å². The average Bonchev–Trinajstić information content (AvgIpc) is 3.07. The predicted molar refractivity (Wildman–Crippen MR) is 97.9 cm³/mol. The van der Waals surface area contributed by atoms with Crippen LogP contribution in [0.1, 0.15) is 10.4 Å². The van der Waals surface area contributed by atoms with E-state index in [1.807, 2.05) is 36.4 Å². The summed E-state index contributed by atoms with van der Waals surface area (Å²) in [5, 5.41) is 0.367. The van der Waals surface area contributed by atoms with Crippen molar-refractivity contribution in [1.82, 2.24) is 9.97 Å². The molecule has 1 N–H and O–H groups in total. The van der Waals surface area contributed by atoms with Gasteiger partial charge in [0.25, 0.3) is 0 Å². The second-order valence-electron chi connectivity index (χ2n) is 5.50. The van der Waals surface area contributed by atoms with Gasteiger partial charge in [0.1, 0.15) is 11.6 Å². The molecule has 0 aliphatic heterocycles. The van der Waals surface area contributed by atoms with Crippen molar-refractivity contribution >= 4 is 28.6 Å². The lowest BCUT2D eigenvalue weighted by atomic mass is 10.2. The molecule has 0 radical (unpaired) electrons. The average molecular weight is 349 g/mol. The highest BCUT2D eigenvalue weighted by Gasteiger charge is 2.12. The minimum absolute atomic E-state index is 0.338. The zero-order valence-electron chi connectivity index (χ0n) is 13.1. The van der Waals surface area contributed by atoms with Gasteiger partial charge in [0.2, 0.25) is 0 Å². The molecule has 4 rings (SSSR count). The number of hydrogen-bond donors (Lipinski definition) is 1. The van der Waals surface area contributed by atoms with Gasteiger partial charge in [-0.3, -0.25) is 0 Å². The molecular weight excluding hydrogens is 336 g/mol. The molecule has 0 saturated carbocycles. The topological polar surface area (TPSA) is 55.0 Å². The van der Waals surface area contributed by atoms with E-state index in [2.05, 4.69) is 9.97 Å². The molecular formula is C20H13ClN2O2. The number of aromatic nitrogens is 2. The van der Waals surface area contributed by atoms with Crippen LogP contribution in [0, 0.1) is 0 Å². The third-order valence-electron chi connectivity index (χ3n) is 3.82. The number of nitrogens with one attached hydrogen (secondary N) is 1. The van der Waals surface area contributed by atoms with Gasteiger partial charge in [-0.1, -0.05) is 35.9 Å². The molecule has 122 valence electrons. The lowest BCUT2D eigenvalue weighted by Gasteiger charge is -2.06. The van der Waals surface area contributed by atoms with Gasteiger partial charge in [0.05, 0.1) is 21.6 Å². The number of imidazole rings is 1. The maximum absolute atomic E-state index is 12.2. The number of nitrogens with zero attached hydrogens (tertiary/aromatic N) is 1. The molecule has 0 aliphatic carbocycles. The van der Waals surface area contributed by atoms with Crippen LogP contribution in [-0.2, 0) is 0 Å². The zero-order chi connectivity index (χ0) is 17.2. The van der Waals surface area contributed by atoms with Gasteiger partial charge in [-0.05, 0) is 48.5 Å². The molecule has 1 aromatic heterocycles. The first-order valence-corrected chi connectivity index (χ1v) is 8.10. The van der Waals surface area contributed by atoms with Crippen molar-refractivity contribution in [2.24, 2.45) is 0 Å². The van der Waals surface area contributed by atoms with Crippen LogP contribution in [0.3, 0.4) is 0 Å². The molecule has 0 atom stereocenters. The number of benzene rings is 3. The normalized spacial score (nSPS) is 10.8. The van der Waals surface area contributed by atoms with E-state index in [0.29, 0.717) is 16.3 Å². The lowest BCUT2D eigenvalue weighted by molar-refractivity contribution is 0.0735. The fourth-order valence-electron chi connectivity index (χ4n) is 2.56. The molecule has 5 heteroatoms. The Morgan fingerprint density at radius 1 is 0.920 bits per heavy atom. The van der Waals surface area contributed by atoms with Gasteiger partial charge < -0.3 is 9.72 Å². The van der Waals surface area contributed by atoms with Crippen molar-refractivity contribution in [3.63, 3.8) is 0 Å². The highest BCUT2D eigenvalue weighted by molar-refractivity contribution is 6.33. The number of fused-ring (bicyclic) bond motifs is 1. The van der Waals surface area contributed by atoms with Crippen molar-refractivity contribution in [2.75, 3.05) is 0 Å². The summed E-state index contributed by atoms with van der Waals surface area (Å²) in [5.41, 5.74) is 3.14. The molecule has 0 fully saturated rings. The number of aromatic amines is 1. The van der Waals surface area contributed by atoms with Crippen molar-refractivity contribution in [3.05, 3.63) is 83.4 Å². The fraction of sp³-hybridized carbons (Fsp3) is 0. The molecule has 0 spiro atoms. The number of H-pyrrole nitrogens is 1. The Morgan fingerprint density at radius 2 is 1.64 bits per heavy atom. The molecule has 3 aromatic carbocycles. The highest BCUT2D eigenvalue weighted by Crippen LogP contribution is 2.24. The van der Waals surface area contributed by atoms with Crippen LogP contribution in [0.5, 0.6) is 5.75 Å². The smallest absolute Gasteiger partial charge is 0.345 e. The number of halogens is 1. The zero-order valence-corrected chi connectivity index (χ0v) is 13.8. The molecule has 0 aliphatic rings. The van der Waals surface area contributed by atoms with E-state index in [1.165, 1.54) is 0 Å². The number of ether oxygens (including phenoxy) is 1. The van der Waals surface area contributed by atoms with Gasteiger partial charge in [0.15, 0.2) is 0 Å². The van der Waals surface area contributed by atoms with Crippen LogP contribution in [0.4, 0.5) is 0 Å². The molecule has 25 heavy (non-hydrogen) atoms. The first kappa shape index (κ1) is 15.4. The van der Waals surface area contributed by atoms with Crippen LogP contribution in [0.25, 0.3) is 22.4 Å². The number of carbonyl (C=O) groups is 1. The van der Waals surface area contributed by atoms with Crippen LogP contribution in [-0.4, -0.2) is 15.9 Å². The molecule has 0 bridgehead atoms. The molecule has 0 saturated heterocycles. The minimum Gasteiger partial charge on any atom is -0.423 e. The molecule has 4 nitrogen and oxygen atoms in total. The number of esters is 1. The minimum atomic E-state index is -0.484. The quantitative estimate of drug-likeness (QED) is 0.414. The summed E-state index contributed by atoms with van der Waals surface area (Å²) in [7, 11) is 0. The summed E-state index contributed by atoms with van der Waals surface area (Å²) < 4.78 is 5.38. The number of para-hydroxylation sites is 2. The molecule has 4 aromatic rings. The number of carbonyl (C=O) groups excluding carboxylic acids is 1. The van der Waals surface area contributed by atoms with Crippen LogP contribution in [0.2, 0.25) is 5.02 Å². The molecule has 0 amide bonds. The summed E-state index contributed by atoms with van der Waals surface area (Å²) in [6.45, 7) is 0. The van der Waals surface area contributed by atoms with E-state index in [9.17, 15) is 4.79 Å². The Bertz CT molecular complexity index is 1020. The van der Waals surface area contributed by atoms with Crippen LogP contribution in [0.15, 0.2) is 72.8 Å². The Balaban J connectivity index is 1.56. The van der Waals surface area contributed by atoms with E-state index in [4.69, 9.17) is 16.3 Å². The first-order valence-electron chi connectivity index (χ1n) is 7.72. The third-order valence-corrected chi connectivity index (χ3v) is 4.15. The van der Waals surface area contributed by atoms with Gasteiger partial charge >= 0.3 is 5.97 Å². The Kier molecular flexibility index (Phi) is 3.96. The second kappa shape index (κ2) is 6.42. The summed E-state index contributed by atoms with van der Waals surface area (Å²) in [6.07, 6.45) is 0. The summed E-state index contributed by atoms with van der Waals surface area (Å²) in [6, 6.07) is 21.8. The van der Waals surface area contributed by atoms with E-state index in [-0.39, 0.29) is 0 Å². The summed E-state index contributed by atoms with van der Waals surface area (Å²) in [4.78, 5) is 20.0. The second-order valence-corrected chi connectivity index (χ2v) is 5.90. The summed E-state index contributed by atoms with van der Waals surface area (Å²) in [5.74, 6) is 0.733. The monoisotopic (exact) mass is 348 g/mol. The first-order chi connectivity index (χ1) is 12.2. The lowest BCUT2D eigenvalue weighted by Crippen LogP contribution is -2.08. The predicted octanol–water partition coefficient (Wildman–Crippen LogP) is 5.10. The van der Waals surface area contributed by atoms with Crippen molar-refractivity contribution in [1.29, 1.82) is 0 Å². The van der Waals surface area contributed by atoms with Gasteiger partial charge in [-0.15, -0.1) is 0 Å². The van der Waals surface area contributed by atoms with Crippen LogP contribution >= 0.6 is 11.6 Å². The Morgan fingerprint density at radius 3 is 2.40 bits per heavy atom. The van der Waals surface area contributed by atoms with E-state index in [0.717, 1.165) is 22.4 Å². The highest BCUT2D eigenvalue weighted by atomic mass is 35.5. The fourth-order valence-corrected chi connectivity index (χ4v) is 2.77. The largest absolute Gasteiger partial charge is 0.423 e. The third kappa shape index (κ3) is 3.12. The van der Waals surface area contributed by atoms with Crippen molar-refractivity contribution in [3.8, 4) is 17.1 Å². The Labute approximate surface area is 149 Å². The Hall–Kier alpha value is -3.11. The standard InChI is InChI=1S/C20H13ClN2O2/c21-16-6-2-1-5-15(16)20(24)25-14-11-9-13(10-12-14)19-22-17-7-3-4-8-18(17)23-19/h1-12H,(H,22,23). The van der Waals surface area contributed by atoms with Crippen LogP contribution < -0.4 is 4.74 Å². The number of hydrogen-bond acceptors (Lipinski definition) is 3. The van der Waals surface area contributed by atoms with Gasteiger partial charge in [-0.2, -0.15) is 0 Å². The maximum Gasteiger partial charge on any atom is 0.345 e. The summed E-state index contributed by atoms with van der Waals surface area (Å²) >= 11 is 6.02. The van der Waals surface area contributed by atoms with E-state index < -0.39 is 5.97 Å². The molecule has 1 heterocycles. The SMILES string of the molecule is O=C(Oc1ccc(-c2nc3ccccc3[nH]2)cc1)c1ccccc1Cl. The van der Waals surface area contributed by atoms with Gasteiger partial charge in [-0.25, -0.2) is 9.78 Å². The van der Waals surface area contributed by atoms with Crippen molar-refractivity contribution in [2.45, 2.75) is 0 Å². The maximum atomic E-state index is 12.2. The van der Waals surface area contributed by atoms with Gasteiger partial charge in [0, 0.05) is 5.56 Å².